The van der Waals surface area contributed by atoms with Gasteiger partial charge in [0, 0.05) is 24.4 Å². The summed E-state index contributed by atoms with van der Waals surface area (Å²) in [6.07, 6.45) is 5.18. The minimum absolute atomic E-state index is 0.478. The number of nitrogens with zero attached hydrogens (tertiary/aromatic N) is 1. The summed E-state index contributed by atoms with van der Waals surface area (Å²) in [4.78, 5) is 4.50. The van der Waals surface area contributed by atoms with Crippen molar-refractivity contribution < 1.29 is 0 Å². The van der Waals surface area contributed by atoms with E-state index in [1.54, 1.807) is 0 Å². The van der Waals surface area contributed by atoms with Crippen LogP contribution in [0.15, 0.2) is 42.6 Å². The Bertz CT molecular complexity index is 531. The summed E-state index contributed by atoms with van der Waals surface area (Å²) in [6.45, 7) is 4.22. The molecule has 1 heterocycles. The highest BCUT2D eigenvalue weighted by Crippen LogP contribution is 2.11. The zero-order valence-corrected chi connectivity index (χ0v) is 12.7. The van der Waals surface area contributed by atoms with Crippen molar-refractivity contribution in [3.8, 4) is 0 Å². The third kappa shape index (κ3) is 4.46. The maximum atomic E-state index is 4.50. The summed E-state index contributed by atoms with van der Waals surface area (Å²) in [5.74, 6) is 0. The topological polar surface area (TPSA) is 24.9 Å². The van der Waals surface area contributed by atoms with Crippen molar-refractivity contribution in [2.75, 3.05) is 7.05 Å². The predicted octanol–water partition coefficient (Wildman–Crippen LogP) is 3.46. The average molecular weight is 268 g/mol. The number of nitrogens with one attached hydrogen (secondary N) is 1. The molecule has 0 radical (unpaired) electrons. The second kappa shape index (κ2) is 7.20. The van der Waals surface area contributed by atoms with E-state index >= 15 is 0 Å². The number of aryl methyl sites for hydroxylation is 3. The van der Waals surface area contributed by atoms with Gasteiger partial charge in [0.15, 0.2) is 0 Å². The lowest BCUT2D eigenvalue weighted by Crippen LogP contribution is -2.28. The van der Waals surface area contributed by atoms with Crippen LogP contribution in [0.1, 0.15) is 28.8 Å². The molecule has 0 spiro atoms. The van der Waals surface area contributed by atoms with E-state index in [4.69, 9.17) is 0 Å². The quantitative estimate of drug-likeness (QED) is 0.868. The van der Waals surface area contributed by atoms with Gasteiger partial charge in [0.2, 0.25) is 0 Å². The van der Waals surface area contributed by atoms with Gasteiger partial charge in [-0.2, -0.15) is 0 Å². The molecule has 0 fully saturated rings. The lowest BCUT2D eigenvalue weighted by molar-refractivity contribution is 0.515. The van der Waals surface area contributed by atoms with Crippen LogP contribution in [0.3, 0.4) is 0 Å². The highest BCUT2D eigenvalue weighted by molar-refractivity contribution is 5.22. The summed E-state index contributed by atoms with van der Waals surface area (Å²) in [5.41, 5.74) is 5.14. The molecule has 20 heavy (non-hydrogen) atoms. The van der Waals surface area contributed by atoms with Crippen LogP contribution in [0.2, 0.25) is 0 Å². The molecule has 0 saturated heterocycles. The maximum Gasteiger partial charge on any atom is 0.0419 e. The van der Waals surface area contributed by atoms with Gasteiger partial charge < -0.3 is 5.32 Å². The first kappa shape index (κ1) is 14.7. The molecule has 0 aliphatic heterocycles. The van der Waals surface area contributed by atoms with Crippen LogP contribution in [0.5, 0.6) is 0 Å². The Morgan fingerprint density at radius 2 is 1.95 bits per heavy atom. The van der Waals surface area contributed by atoms with Crippen molar-refractivity contribution in [2.24, 2.45) is 0 Å². The molecule has 2 nitrogen and oxygen atoms in total. The molecule has 2 rings (SSSR count). The molecule has 2 heteroatoms. The van der Waals surface area contributed by atoms with Crippen LogP contribution in [0.4, 0.5) is 0 Å². The van der Waals surface area contributed by atoms with Gasteiger partial charge in [0.05, 0.1) is 0 Å². The van der Waals surface area contributed by atoms with E-state index in [1.165, 1.54) is 22.4 Å². The highest BCUT2D eigenvalue weighted by atomic mass is 14.9. The molecule has 0 aliphatic carbocycles. The molecule has 0 saturated carbocycles. The van der Waals surface area contributed by atoms with Crippen molar-refractivity contribution >= 4 is 0 Å². The number of aromatic nitrogens is 1. The Morgan fingerprint density at radius 3 is 2.60 bits per heavy atom. The second-order valence-corrected chi connectivity index (χ2v) is 5.54. The van der Waals surface area contributed by atoms with E-state index < -0.39 is 0 Å². The SMILES string of the molecule is CNC(CCc1cccc(C)c1)Cc1ccc(C)cn1. The Morgan fingerprint density at radius 1 is 1.10 bits per heavy atom. The third-order valence-corrected chi connectivity index (χ3v) is 3.70. The van der Waals surface area contributed by atoms with Gasteiger partial charge in [0.1, 0.15) is 0 Å². The van der Waals surface area contributed by atoms with Crippen molar-refractivity contribution in [1.29, 1.82) is 0 Å². The molecule has 0 amide bonds. The van der Waals surface area contributed by atoms with Gasteiger partial charge >= 0.3 is 0 Å². The lowest BCUT2D eigenvalue weighted by atomic mass is 10.0. The van der Waals surface area contributed by atoms with Gasteiger partial charge in [-0.3, -0.25) is 4.98 Å². The molecule has 1 N–H and O–H groups in total. The molecule has 2 aromatic rings. The molecule has 1 atom stereocenters. The first-order chi connectivity index (χ1) is 9.67. The molecule has 0 bridgehead atoms. The Labute approximate surface area is 122 Å². The first-order valence-corrected chi connectivity index (χ1v) is 7.31. The fourth-order valence-electron chi connectivity index (χ4n) is 2.43. The van der Waals surface area contributed by atoms with Crippen molar-refractivity contribution in [3.63, 3.8) is 0 Å². The van der Waals surface area contributed by atoms with Crippen molar-refractivity contribution in [2.45, 2.75) is 39.2 Å². The normalized spacial score (nSPS) is 12.3. The Kier molecular flexibility index (Phi) is 5.31. The number of hydrogen-bond donors (Lipinski definition) is 1. The molecule has 106 valence electrons. The summed E-state index contributed by atoms with van der Waals surface area (Å²) in [7, 11) is 2.04. The molecule has 1 aromatic heterocycles. The van der Waals surface area contributed by atoms with Crippen LogP contribution in [0, 0.1) is 13.8 Å². The highest BCUT2D eigenvalue weighted by Gasteiger charge is 2.08. The van der Waals surface area contributed by atoms with Crippen LogP contribution in [-0.2, 0) is 12.8 Å². The van der Waals surface area contributed by atoms with Crippen LogP contribution in [-0.4, -0.2) is 18.1 Å². The predicted molar refractivity (Wildman–Crippen MR) is 85.0 cm³/mol. The van der Waals surface area contributed by atoms with E-state index in [9.17, 15) is 0 Å². The zero-order valence-electron chi connectivity index (χ0n) is 12.7. The smallest absolute Gasteiger partial charge is 0.0419 e. The molecular weight excluding hydrogens is 244 g/mol. The number of pyridine rings is 1. The van der Waals surface area contributed by atoms with Crippen LogP contribution in [0.25, 0.3) is 0 Å². The summed E-state index contributed by atoms with van der Waals surface area (Å²) >= 11 is 0. The minimum atomic E-state index is 0.478. The summed E-state index contributed by atoms with van der Waals surface area (Å²) in [5, 5.41) is 3.41. The standard InChI is InChI=1S/C18H24N2/c1-14-5-4-6-16(11-14)8-10-17(19-3)12-18-9-7-15(2)13-20-18/h4-7,9,11,13,17,19H,8,10,12H2,1-3H3. The molecule has 1 unspecified atom stereocenters. The van der Waals surface area contributed by atoms with Crippen molar-refractivity contribution in [1.82, 2.24) is 10.3 Å². The maximum absolute atomic E-state index is 4.50. The van der Waals surface area contributed by atoms with E-state index in [1.807, 2.05) is 13.2 Å². The van der Waals surface area contributed by atoms with E-state index in [-0.39, 0.29) is 0 Å². The minimum Gasteiger partial charge on any atom is -0.317 e. The van der Waals surface area contributed by atoms with Gasteiger partial charge in [0.25, 0.3) is 0 Å². The largest absolute Gasteiger partial charge is 0.317 e. The second-order valence-electron chi connectivity index (χ2n) is 5.54. The first-order valence-electron chi connectivity index (χ1n) is 7.31. The van der Waals surface area contributed by atoms with E-state index in [0.717, 1.165) is 19.3 Å². The van der Waals surface area contributed by atoms with Gasteiger partial charge in [-0.05, 0) is 50.9 Å². The fraction of sp³-hybridized carbons (Fsp3) is 0.389. The lowest BCUT2D eigenvalue weighted by Gasteiger charge is -2.16. The van der Waals surface area contributed by atoms with Gasteiger partial charge in [-0.1, -0.05) is 35.9 Å². The van der Waals surface area contributed by atoms with Crippen LogP contribution < -0.4 is 5.32 Å². The average Bonchev–Trinajstić information content (AvgIpc) is 2.45. The molecule has 0 aliphatic rings. The number of benzene rings is 1. The summed E-state index contributed by atoms with van der Waals surface area (Å²) < 4.78 is 0. The van der Waals surface area contributed by atoms with Crippen molar-refractivity contribution in [3.05, 3.63) is 65.0 Å². The number of rotatable bonds is 6. The zero-order chi connectivity index (χ0) is 14.4. The monoisotopic (exact) mass is 268 g/mol. The van der Waals surface area contributed by atoms with E-state index in [0.29, 0.717) is 6.04 Å². The van der Waals surface area contributed by atoms with Gasteiger partial charge in [-0.25, -0.2) is 0 Å². The van der Waals surface area contributed by atoms with Crippen LogP contribution >= 0.6 is 0 Å². The Balaban J connectivity index is 1.90. The fourth-order valence-corrected chi connectivity index (χ4v) is 2.43. The van der Waals surface area contributed by atoms with E-state index in [2.05, 4.69) is 60.5 Å². The third-order valence-electron chi connectivity index (χ3n) is 3.70. The number of hydrogen-bond acceptors (Lipinski definition) is 2. The summed E-state index contributed by atoms with van der Waals surface area (Å²) in [6, 6.07) is 13.5. The van der Waals surface area contributed by atoms with Gasteiger partial charge in [-0.15, -0.1) is 0 Å². The molecular formula is C18H24N2. The molecule has 1 aromatic carbocycles. The Hall–Kier alpha value is -1.67. The number of likely N-dealkylation sites (N-methyl/N-ethyl adjacent to an activating group) is 1.